The molecule has 0 aromatic carbocycles. The minimum atomic E-state index is -0.136. The smallest absolute Gasteiger partial charge is 0.0700 e. The molecular formula is C6H6Cl3I. The molecule has 58 valence electrons. The highest BCUT2D eigenvalue weighted by Crippen LogP contribution is 2.24. The predicted octanol–water partition coefficient (Wildman–Crippen LogP) is 4.25. The largest absolute Gasteiger partial charge is 0.117 e. The number of allylic oxidation sites excluding steroid dienone is 2. The van der Waals surface area contributed by atoms with Gasteiger partial charge in [0.15, 0.2) is 0 Å². The highest BCUT2D eigenvalue weighted by atomic mass is 127. The van der Waals surface area contributed by atoms with E-state index in [0.717, 1.165) is 3.58 Å². The van der Waals surface area contributed by atoms with Gasteiger partial charge in [-0.15, -0.1) is 11.6 Å². The lowest BCUT2D eigenvalue weighted by atomic mass is 10.3. The van der Waals surface area contributed by atoms with E-state index in [1.165, 1.54) is 5.54 Å². The minimum absolute atomic E-state index is 0.136. The first-order valence-electron chi connectivity index (χ1n) is 2.51. The van der Waals surface area contributed by atoms with Crippen LogP contribution in [-0.2, 0) is 0 Å². The first kappa shape index (κ1) is 11.1. The van der Waals surface area contributed by atoms with E-state index in [0.29, 0.717) is 11.5 Å². The monoisotopic (exact) mass is 310 g/mol. The van der Waals surface area contributed by atoms with Crippen molar-refractivity contribution < 1.29 is 0 Å². The van der Waals surface area contributed by atoms with E-state index in [1.54, 1.807) is 0 Å². The van der Waals surface area contributed by atoms with Crippen LogP contribution < -0.4 is 0 Å². The average molecular weight is 311 g/mol. The van der Waals surface area contributed by atoms with Gasteiger partial charge in [0.2, 0.25) is 0 Å². The maximum Gasteiger partial charge on any atom is 0.0700 e. The van der Waals surface area contributed by atoms with E-state index < -0.39 is 0 Å². The fourth-order valence-electron chi connectivity index (χ4n) is 0.360. The van der Waals surface area contributed by atoms with Crippen LogP contribution in [0.4, 0.5) is 0 Å². The van der Waals surface area contributed by atoms with Gasteiger partial charge in [-0.3, -0.25) is 0 Å². The maximum absolute atomic E-state index is 5.82. The highest BCUT2D eigenvalue weighted by molar-refractivity contribution is 14.1. The Morgan fingerprint density at radius 1 is 1.70 bits per heavy atom. The van der Waals surface area contributed by atoms with Crippen molar-refractivity contribution in [2.24, 2.45) is 0 Å². The molecule has 0 rings (SSSR count). The summed E-state index contributed by atoms with van der Waals surface area (Å²) in [5.41, 5.74) is 1.44. The van der Waals surface area contributed by atoms with Crippen LogP contribution in [0, 0.1) is 0 Å². The molecule has 0 heterocycles. The Kier molecular flexibility index (Phi) is 6.31. The Morgan fingerprint density at radius 2 is 2.20 bits per heavy atom. The number of alkyl halides is 1. The van der Waals surface area contributed by atoms with Crippen molar-refractivity contribution in [3.8, 4) is 0 Å². The Balaban J connectivity index is 3.85. The normalized spacial score (nSPS) is 15.0. The van der Waals surface area contributed by atoms with E-state index in [9.17, 15) is 0 Å². The Hall–Kier alpha value is 1.08. The third kappa shape index (κ3) is 4.83. The van der Waals surface area contributed by atoms with Gasteiger partial charge in [0.05, 0.1) is 5.38 Å². The molecule has 0 bridgehead atoms. The molecule has 0 aromatic heterocycles. The molecule has 0 aromatic rings. The molecule has 0 nitrogen and oxygen atoms in total. The molecule has 0 saturated heterocycles. The van der Waals surface area contributed by atoms with Crippen molar-refractivity contribution in [3.63, 3.8) is 0 Å². The van der Waals surface area contributed by atoms with Crippen LogP contribution in [0.2, 0.25) is 0 Å². The zero-order valence-electron chi connectivity index (χ0n) is 5.08. The van der Waals surface area contributed by atoms with Gasteiger partial charge in [-0.2, -0.15) is 0 Å². The fraction of sp³-hybridized carbons (Fsp3) is 0.333. The van der Waals surface area contributed by atoms with Gasteiger partial charge >= 0.3 is 0 Å². The summed E-state index contributed by atoms with van der Waals surface area (Å²) in [6, 6.07) is 0. The summed E-state index contributed by atoms with van der Waals surface area (Å²) in [5, 5.41) is 0.413. The van der Waals surface area contributed by atoms with Gasteiger partial charge in [-0.1, -0.05) is 29.8 Å². The Labute approximate surface area is 89.4 Å². The van der Waals surface area contributed by atoms with E-state index in [4.69, 9.17) is 34.8 Å². The number of rotatable bonds is 3. The molecule has 0 aliphatic rings. The Bertz CT molecular complexity index is 153. The third-order valence-corrected chi connectivity index (χ3v) is 3.38. The lowest BCUT2D eigenvalue weighted by Crippen LogP contribution is -1.96. The van der Waals surface area contributed by atoms with Crippen molar-refractivity contribution >= 4 is 57.4 Å². The second-order valence-electron chi connectivity index (χ2n) is 1.68. The van der Waals surface area contributed by atoms with E-state index in [-0.39, 0.29) is 5.38 Å². The van der Waals surface area contributed by atoms with E-state index in [1.807, 2.05) is 0 Å². The van der Waals surface area contributed by atoms with Crippen LogP contribution in [0.3, 0.4) is 0 Å². The summed E-state index contributed by atoms with van der Waals surface area (Å²) in [6.45, 7) is 3.52. The highest BCUT2D eigenvalue weighted by Gasteiger charge is 2.07. The lowest BCUT2D eigenvalue weighted by Gasteiger charge is -2.04. The maximum atomic E-state index is 5.82. The lowest BCUT2D eigenvalue weighted by molar-refractivity contribution is 1.04. The quantitative estimate of drug-likeness (QED) is 0.540. The van der Waals surface area contributed by atoms with Gasteiger partial charge in [-0.25, -0.2) is 0 Å². The third-order valence-electron chi connectivity index (χ3n) is 0.804. The summed E-state index contributed by atoms with van der Waals surface area (Å²) >= 11 is 18.8. The SMILES string of the molecule is C=C(Cl)CC(Cl)/C(I)=C/Cl. The minimum Gasteiger partial charge on any atom is -0.117 e. The standard InChI is InChI=1S/C6H6Cl3I/c1-4(8)2-5(9)6(10)3-7/h3,5H,1-2H2/b6-3-. The molecular weight excluding hydrogens is 305 g/mol. The fourth-order valence-corrected chi connectivity index (χ4v) is 1.28. The first-order chi connectivity index (χ1) is 4.57. The van der Waals surface area contributed by atoms with Crippen LogP contribution in [0.5, 0.6) is 0 Å². The molecule has 1 atom stereocenters. The number of hydrogen-bond donors (Lipinski definition) is 0. The van der Waals surface area contributed by atoms with Gasteiger partial charge in [0, 0.05) is 20.6 Å². The summed E-state index contributed by atoms with van der Waals surface area (Å²) in [7, 11) is 0. The van der Waals surface area contributed by atoms with Crippen molar-refractivity contribution in [2.45, 2.75) is 11.8 Å². The van der Waals surface area contributed by atoms with Crippen LogP contribution in [0.1, 0.15) is 6.42 Å². The molecule has 10 heavy (non-hydrogen) atoms. The zero-order valence-corrected chi connectivity index (χ0v) is 9.51. The summed E-state index contributed by atoms with van der Waals surface area (Å²) in [6.07, 6.45) is 0.560. The molecule has 0 N–H and O–H groups in total. The van der Waals surface area contributed by atoms with Crippen LogP contribution in [-0.4, -0.2) is 5.38 Å². The van der Waals surface area contributed by atoms with Gasteiger partial charge in [0.1, 0.15) is 0 Å². The second kappa shape index (κ2) is 5.70. The van der Waals surface area contributed by atoms with Crippen molar-refractivity contribution in [3.05, 3.63) is 20.7 Å². The van der Waals surface area contributed by atoms with Gasteiger partial charge < -0.3 is 0 Å². The van der Waals surface area contributed by atoms with Gasteiger partial charge in [-0.05, 0) is 22.6 Å². The molecule has 0 spiro atoms. The van der Waals surface area contributed by atoms with Crippen LogP contribution in [0.15, 0.2) is 20.7 Å². The number of hydrogen-bond acceptors (Lipinski definition) is 0. The second-order valence-corrected chi connectivity index (χ2v) is 4.21. The molecule has 1 unspecified atom stereocenters. The number of halogens is 4. The molecule has 0 fully saturated rings. The van der Waals surface area contributed by atoms with Crippen molar-refractivity contribution in [1.82, 2.24) is 0 Å². The first-order valence-corrected chi connectivity index (χ1v) is 4.84. The molecule has 0 aliphatic carbocycles. The molecule has 0 saturated carbocycles. The summed E-state index contributed by atoms with van der Waals surface area (Å²) in [4.78, 5) is 0. The topological polar surface area (TPSA) is 0 Å². The zero-order chi connectivity index (χ0) is 8.15. The molecule has 0 amide bonds. The predicted molar refractivity (Wildman–Crippen MR) is 57.2 cm³/mol. The summed E-state index contributed by atoms with van der Waals surface area (Å²) in [5.74, 6) is 0. The van der Waals surface area contributed by atoms with Crippen molar-refractivity contribution in [1.29, 1.82) is 0 Å². The molecule has 0 aliphatic heterocycles. The van der Waals surface area contributed by atoms with Gasteiger partial charge in [0.25, 0.3) is 0 Å². The summed E-state index contributed by atoms with van der Waals surface area (Å²) < 4.78 is 0.878. The van der Waals surface area contributed by atoms with E-state index in [2.05, 4.69) is 29.2 Å². The Morgan fingerprint density at radius 3 is 2.50 bits per heavy atom. The van der Waals surface area contributed by atoms with E-state index >= 15 is 0 Å². The molecule has 4 heteroatoms. The average Bonchev–Trinajstić information content (AvgIpc) is 1.85. The van der Waals surface area contributed by atoms with Crippen LogP contribution >= 0.6 is 57.4 Å². The van der Waals surface area contributed by atoms with Crippen molar-refractivity contribution in [2.75, 3.05) is 0 Å². The van der Waals surface area contributed by atoms with Crippen LogP contribution in [0.25, 0.3) is 0 Å². The molecule has 0 radical (unpaired) electrons.